The van der Waals surface area contributed by atoms with E-state index in [-0.39, 0.29) is 0 Å². The molecule has 0 radical (unpaired) electrons. The lowest BCUT2D eigenvalue weighted by Crippen LogP contribution is -2.50. The largest absolute Gasteiger partial charge is 0.399 e. The molecule has 0 bridgehead atoms. The Balaban J connectivity index is 1.46. The maximum absolute atomic E-state index is 5.84. The number of anilines is 2. The predicted molar refractivity (Wildman–Crippen MR) is 139 cm³/mol. The second kappa shape index (κ2) is 14.8. The number of hydrogen-bond acceptors (Lipinski definition) is 2. The summed E-state index contributed by atoms with van der Waals surface area (Å²) in [4.78, 5) is 2.54. The molecule has 1 aromatic rings. The quantitative estimate of drug-likeness (QED) is 0.158. The van der Waals surface area contributed by atoms with Crippen LogP contribution < -0.4 is 10.6 Å². The molecule has 0 amide bonds. The Bertz CT molecular complexity index is 566. The average Bonchev–Trinajstić information content (AvgIpc) is 3.26. The van der Waals surface area contributed by atoms with Crippen LogP contribution in [0.15, 0.2) is 24.3 Å². The van der Waals surface area contributed by atoms with Crippen molar-refractivity contribution < 1.29 is 4.48 Å². The van der Waals surface area contributed by atoms with E-state index < -0.39 is 0 Å². The fraction of sp³-hybridized carbons (Fsp3) is 0.786. The van der Waals surface area contributed by atoms with Crippen molar-refractivity contribution >= 4 is 11.4 Å². The summed E-state index contributed by atoms with van der Waals surface area (Å²) in [5.74, 6) is 0. The van der Waals surface area contributed by atoms with Gasteiger partial charge in [0.1, 0.15) is 6.04 Å². The van der Waals surface area contributed by atoms with E-state index in [1.54, 1.807) is 0 Å². The number of nitrogens with two attached hydrogens (primary N) is 1. The van der Waals surface area contributed by atoms with Gasteiger partial charge in [-0.25, -0.2) is 0 Å². The fourth-order valence-electron chi connectivity index (χ4n) is 5.13. The van der Waals surface area contributed by atoms with E-state index in [4.69, 9.17) is 5.73 Å². The number of likely N-dealkylation sites (N-methyl/N-ethyl adjacent to an activating group) is 1. The van der Waals surface area contributed by atoms with Gasteiger partial charge in [0, 0.05) is 24.3 Å². The molecule has 1 aromatic carbocycles. The lowest BCUT2D eigenvalue weighted by atomic mass is 10.0. The first kappa shape index (κ1) is 26.0. The summed E-state index contributed by atoms with van der Waals surface area (Å²) >= 11 is 0. The molecule has 1 unspecified atom stereocenters. The molecule has 1 heterocycles. The van der Waals surface area contributed by atoms with E-state index >= 15 is 0 Å². The van der Waals surface area contributed by atoms with Gasteiger partial charge in [0.15, 0.2) is 0 Å². The Labute approximate surface area is 194 Å². The summed E-state index contributed by atoms with van der Waals surface area (Å²) in [6.45, 7) is 5.97. The molecule has 1 saturated heterocycles. The third kappa shape index (κ3) is 10.3. The van der Waals surface area contributed by atoms with Crippen LogP contribution in [-0.2, 0) is 0 Å². The zero-order chi connectivity index (χ0) is 22.4. The number of rotatable bonds is 17. The lowest BCUT2D eigenvalue weighted by molar-refractivity contribution is -0.912. The number of nitrogens with zero attached hydrogens (tertiary/aromatic N) is 2. The molecular formula is C28H52N3+. The van der Waals surface area contributed by atoms with Crippen LogP contribution in [0, 0.1) is 0 Å². The lowest BCUT2D eigenvalue weighted by Gasteiger charge is -2.36. The van der Waals surface area contributed by atoms with Gasteiger partial charge in [-0.1, -0.05) is 84.0 Å². The van der Waals surface area contributed by atoms with Crippen molar-refractivity contribution in [3.8, 4) is 0 Å². The number of quaternary nitrogens is 1. The van der Waals surface area contributed by atoms with Crippen LogP contribution in [0.4, 0.5) is 11.4 Å². The summed E-state index contributed by atoms with van der Waals surface area (Å²) in [6, 6.07) is 9.14. The Morgan fingerprint density at radius 1 is 0.774 bits per heavy atom. The minimum atomic E-state index is 0.750. The number of nitrogen functional groups attached to an aromatic ring is 1. The molecule has 3 heteroatoms. The molecule has 2 rings (SSSR count). The smallest absolute Gasteiger partial charge is 0.108 e. The Morgan fingerprint density at radius 3 is 1.77 bits per heavy atom. The summed E-state index contributed by atoms with van der Waals surface area (Å²) in [5, 5.41) is 0. The van der Waals surface area contributed by atoms with Gasteiger partial charge in [0.05, 0.1) is 27.2 Å². The standard InChI is InChI=1S/C28H52N3/c1-4-5-6-7-8-9-10-11-12-13-14-15-16-17-24-31(2,3)28-22-23-30(25-28)27-20-18-26(29)19-21-27/h18-21,28H,4-17,22-25,29H2,1-3H3/q+1. The first-order valence-electron chi connectivity index (χ1n) is 13.5. The maximum atomic E-state index is 5.84. The second-order valence-electron chi connectivity index (χ2n) is 10.6. The topological polar surface area (TPSA) is 29.3 Å². The number of benzene rings is 1. The molecule has 1 aliphatic heterocycles. The molecule has 31 heavy (non-hydrogen) atoms. The van der Waals surface area contributed by atoms with Crippen LogP contribution >= 0.6 is 0 Å². The number of hydrogen-bond donors (Lipinski definition) is 1. The normalized spacial score (nSPS) is 16.9. The highest BCUT2D eigenvalue weighted by molar-refractivity contribution is 5.53. The summed E-state index contributed by atoms with van der Waals surface area (Å²) in [7, 11) is 4.89. The van der Waals surface area contributed by atoms with Crippen molar-refractivity contribution in [2.75, 3.05) is 44.4 Å². The molecule has 2 N–H and O–H groups in total. The van der Waals surface area contributed by atoms with Gasteiger partial charge in [-0.3, -0.25) is 0 Å². The molecule has 178 valence electrons. The maximum Gasteiger partial charge on any atom is 0.108 e. The van der Waals surface area contributed by atoms with Crippen LogP contribution in [0.3, 0.4) is 0 Å². The minimum absolute atomic E-state index is 0.750. The van der Waals surface area contributed by atoms with Crippen LogP contribution in [0.5, 0.6) is 0 Å². The highest BCUT2D eigenvalue weighted by Gasteiger charge is 2.34. The van der Waals surface area contributed by atoms with Gasteiger partial charge < -0.3 is 15.1 Å². The van der Waals surface area contributed by atoms with Gasteiger partial charge in [-0.15, -0.1) is 0 Å². The Morgan fingerprint density at radius 2 is 1.26 bits per heavy atom. The molecule has 1 fully saturated rings. The van der Waals surface area contributed by atoms with E-state index in [0.717, 1.165) is 11.7 Å². The van der Waals surface area contributed by atoms with E-state index in [2.05, 4.69) is 38.1 Å². The molecule has 1 aliphatic rings. The van der Waals surface area contributed by atoms with E-state index in [0.29, 0.717) is 0 Å². The van der Waals surface area contributed by atoms with Crippen molar-refractivity contribution in [1.82, 2.24) is 0 Å². The third-order valence-electron chi connectivity index (χ3n) is 7.50. The van der Waals surface area contributed by atoms with Crippen LogP contribution in [0.1, 0.15) is 103 Å². The third-order valence-corrected chi connectivity index (χ3v) is 7.50. The zero-order valence-corrected chi connectivity index (χ0v) is 21.1. The van der Waals surface area contributed by atoms with Gasteiger partial charge in [0.25, 0.3) is 0 Å². The summed E-state index contributed by atoms with van der Waals surface area (Å²) in [6.07, 6.45) is 21.4. The Hall–Kier alpha value is -1.22. The van der Waals surface area contributed by atoms with Crippen molar-refractivity contribution in [2.45, 2.75) is 109 Å². The van der Waals surface area contributed by atoms with Crippen molar-refractivity contribution in [1.29, 1.82) is 0 Å². The minimum Gasteiger partial charge on any atom is -0.399 e. The van der Waals surface area contributed by atoms with Gasteiger partial charge in [-0.05, 0) is 37.1 Å². The highest BCUT2D eigenvalue weighted by atomic mass is 15.4. The highest BCUT2D eigenvalue weighted by Crippen LogP contribution is 2.26. The Kier molecular flexibility index (Phi) is 12.4. The summed E-state index contributed by atoms with van der Waals surface area (Å²) in [5.41, 5.74) is 8.03. The second-order valence-corrected chi connectivity index (χ2v) is 10.6. The average molecular weight is 431 g/mol. The van der Waals surface area contributed by atoms with Crippen molar-refractivity contribution in [2.24, 2.45) is 0 Å². The number of unbranched alkanes of at least 4 members (excludes halogenated alkanes) is 13. The van der Waals surface area contributed by atoms with Crippen LogP contribution in [-0.4, -0.2) is 44.3 Å². The molecular weight excluding hydrogens is 378 g/mol. The predicted octanol–water partition coefficient (Wildman–Crippen LogP) is 7.41. The van der Waals surface area contributed by atoms with Gasteiger partial charge >= 0.3 is 0 Å². The van der Waals surface area contributed by atoms with Gasteiger partial charge in [0.2, 0.25) is 0 Å². The van der Waals surface area contributed by atoms with Crippen LogP contribution in [0.2, 0.25) is 0 Å². The molecule has 0 aromatic heterocycles. The van der Waals surface area contributed by atoms with Gasteiger partial charge in [-0.2, -0.15) is 0 Å². The van der Waals surface area contributed by atoms with Crippen molar-refractivity contribution in [3.63, 3.8) is 0 Å². The zero-order valence-electron chi connectivity index (χ0n) is 21.1. The van der Waals surface area contributed by atoms with Crippen LogP contribution in [0.25, 0.3) is 0 Å². The molecule has 3 nitrogen and oxygen atoms in total. The van der Waals surface area contributed by atoms with E-state index in [1.807, 2.05) is 12.1 Å². The molecule has 0 saturated carbocycles. The van der Waals surface area contributed by atoms with E-state index in [1.165, 1.54) is 126 Å². The fourth-order valence-corrected chi connectivity index (χ4v) is 5.13. The first-order valence-corrected chi connectivity index (χ1v) is 13.5. The molecule has 0 spiro atoms. The SMILES string of the molecule is CCCCCCCCCCCCCCCC[N+](C)(C)C1CCN(c2ccc(N)cc2)C1. The summed E-state index contributed by atoms with van der Waals surface area (Å²) < 4.78 is 1.17. The molecule has 1 atom stereocenters. The van der Waals surface area contributed by atoms with Crippen molar-refractivity contribution in [3.05, 3.63) is 24.3 Å². The monoisotopic (exact) mass is 430 g/mol. The first-order chi connectivity index (χ1) is 15.0. The molecule has 0 aliphatic carbocycles. The van der Waals surface area contributed by atoms with E-state index in [9.17, 15) is 0 Å².